The first kappa shape index (κ1) is 29.0. The minimum absolute atomic E-state index is 0.340. The predicted octanol–water partition coefficient (Wildman–Crippen LogP) is 6.02. The Labute approximate surface area is 260 Å². The third kappa shape index (κ3) is 6.40. The molecule has 5 aromatic heterocycles. The number of hydrogen-bond acceptors (Lipinski definition) is 8. The molecule has 5 heterocycles. The van der Waals surface area contributed by atoms with E-state index in [9.17, 15) is 4.39 Å². The maximum absolute atomic E-state index is 14.7. The van der Waals surface area contributed by atoms with Gasteiger partial charge in [-0.2, -0.15) is 5.10 Å². The van der Waals surface area contributed by atoms with Crippen LogP contribution in [-0.4, -0.2) is 73.7 Å². The molecule has 0 aliphatic heterocycles. The van der Waals surface area contributed by atoms with E-state index in [-0.39, 0.29) is 5.82 Å². The van der Waals surface area contributed by atoms with Gasteiger partial charge >= 0.3 is 0 Å². The molecule has 0 saturated heterocycles. The molecule has 0 unspecified atom stereocenters. The van der Waals surface area contributed by atoms with E-state index in [1.807, 2.05) is 50.8 Å². The molecule has 0 spiro atoms. The van der Waals surface area contributed by atoms with Crippen LogP contribution in [0.25, 0.3) is 56.1 Å². The van der Waals surface area contributed by atoms with Crippen LogP contribution in [-0.2, 0) is 6.54 Å². The van der Waals surface area contributed by atoms with Crippen LogP contribution in [0.2, 0.25) is 0 Å². The zero-order valence-electron chi connectivity index (χ0n) is 25.6. The molecule has 0 radical (unpaired) electrons. The Balaban J connectivity index is 1.17. The number of anilines is 1. The molecule has 0 amide bonds. The van der Waals surface area contributed by atoms with Gasteiger partial charge in [0.15, 0.2) is 11.5 Å². The monoisotopic (exact) mass is 604 g/mol. The smallest absolute Gasteiger partial charge is 0.161 e. The number of likely N-dealkylation sites (N-methyl/N-ethyl adjacent to an activating group) is 1. The van der Waals surface area contributed by atoms with E-state index in [4.69, 9.17) is 9.97 Å². The number of hydrogen-bond donors (Lipinski definition) is 4. The molecule has 7 rings (SSSR count). The summed E-state index contributed by atoms with van der Waals surface area (Å²) >= 11 is 0. The third-order valence-electron chi connectivity index (χ3n) is 8.42. The number of aromatic amines is 2. The molecule has 45 heavy (non-hydrogen) atoms. The largest absolute Gasteiger partial charge is 0.384 e. The van der Waals surface area contributed by atoms with Gasteiger partial charge in [-0.15, -0.1) is 0 Å². The molecule has 11 heteroatoms. The lowest BCUT2D eigenvalue weighted by molar-refractivity contribution is 0.425. The van der Waals surface area contributed by atoms with E-state index < -0.39 is 0 Å². The van der Waals surface area contributed by atoms with Gasteiger partial charge in [-0.3, -0.25) is 15.1 Å². The van der Waals surface area contributed by atoms with Crippen molar-refractivity contribution >= 4 is 27.8 Å². The number of H-pyrrole nitrogens is 2. The highest BCUT2D eigenvalue weighted by atomic mass is 19.1. The number of aromatic nitrogens is 7. The van der Waals surface area contributed by atoms with E-state index in [1.165, 1.54) is 37.8 Å². The second-order valence-corrected chi connectivity index (χ2v) is 12.1. The van der Waals surface area contributed by atoms with Gasteiger partial charge in [-0.05, 0) is 87.4 Å². The number of benzene rings is 1. The molecule has 4 N–H and O–H groups in total. The highest BCUT2D eigenvalue weighted by Gasteiger charge is 2.19. The van der Waals surface area contributed by atoms with Crippen molar-refractivity contribution in [1.82, 2.24) is 45.3 Å². The highest BCUT2D eigenvalue weighted by Crippen LogP contribution is 2.32. The van der Waals surface area contributed by atoms with Crippen LogP contribution in [0.1, 0.15) is 31.2 Å². The van der Waals surface area contributed by atoms with Crippen molar-refractivity contribution < 1.29 is 4.39 Å². The molecule has 0 atom stereocenters. The lowest BCUT2D eigenvalue weighted by atomic mass is 10.1. The molecule has 230 valence electrons. The molecule has 6 aromatic rings. The van der Waals surface area contributed by atoms with Crippen LogP contribution in [0.3, 0.4) is 0 Å². The Bertz CT molecular complexity index is 1940. The number of nitrogens with one attached hydrogen (secondary N) is 4. The molecule has 10 nitrogen and oxygen atoms in total. The fourth-order valence-corrected chi connectivity index (χ4v) is 6.10. The molecular formula is C34H37FN10. The minimum Gasteiger partial charge on any atom is -0.384 e. The summed E-state index contributed by atoms with van der Waals surface area (Å²) in [6, 6.07) is 12.8. The fourth-order valence-electron chi connectivity index (χ4n) is 6.10. The molecule has 1 aromatic carbocycles. The van der Waals surface area contributed by atoms with Crippen LogP contribution in [0.15, 0.2) is 61.1 Å². The van der Waals surface area contributed by atoms with Crippen LogP contribution in [0.4, 0.5) is 10.1 Å². The number of nitrogens with zero attached hydrogens (tertiary/aromatic N) is 6. The summed E-state index contributed by atoms with van der Waals surface area (Å²) in [4.78, 5) is 24.4. The van der Waals surface area contributed by atoms with Gasteiger partial charge in [-0.25, -0.2) is 14.4 Å². The van der Waals surface area contributed by atoms with Crippen molar-refractivity contribution in [3.8, 4) is 34.0 Å². The Hall–Kier alpha value is -4.74. The van der Waals surface area contributed by atoms with Crippen LogP contribution >= 0.6 is 0 Å². The molecular weight excluding hydrogens is 567 g/mol. The second kappa shape index (κ2) is 12.7. The summed E-state index contributed by atoms with van der Waals surface area (Å²) < 4.78 is 14.7. The molecule has 1 saturated carbocycles. The number of pyridine rings is 3. The molecule has 1 aliphatic carbocycles. The van der Waals surface area contributed by atoms with Crippen molar-refractivity contribution in [3.05, 3.63) is 72.4 Å². The highest BCUT2D eigenvalue weighted by molar-refractivity contribution is 5.95. The van der Waals surface area contributed by atoms with Gasteiger partial charge in [0.1, 0.15) is 16.9 Å². The number of halogens is 1. The maximum Gasteiger partial charge on any atom is 0.161 e. The summed E-state index contributed by atoms with van der Waals surface area (Å²) in [5.41, 5.74) is 8.31. The van der Waals surface area contributed by atoms with Gasteiger partial charge in [-0.1, -0.05) is 12.8 Å². The zero-order chi connectivity index (χ0) is 30.8. The van der Waals surface area contributed by atoms with Crippen molar-refractivity contribution in [1.29, 1.82) is 0 Å². The first-order chi connectivity index (χ1) is 22.0. The van der Waals surface area contributed by atoms with E-state index in [2.05, 4.69) is 46.7 Å². The molecule has 0 bridgehead atoms. The van der Waals surface area contributed by atoms with Gasteiger partial charge < -0.3 is 20.5 Å². The maximum atomic E-state index is 14.7. The van der Waals surface area contributed by atoms with E-state index in [0.29, 0.717) is 46.0 Å². The van der Waals surface area contributed by atoms with Gasteiger partial charge in [0.05, 0.1) is 22.4 Å². The number of fused-ring (bicyclic) bond motifs is 2. The third-order valence-corrected chi connectivity index (χ3v) is 8.42. The Kier molecular flexibility index (Phi) is 8.19. The normalized spacial score (nSPS) is 13.9. The van der Waals surface area contributed by atoms with Crippen molar-refractivity contribution in [2.24, 2.45) is 5.92 Å². The van der Waals surface area contributed by atoms with Crippen molar-refractivity contribution in [3.63, 3.8) is 0 Å². The quantitative estimate of drug-likeness (QED) is 0.142. The molecule has 1 aliphatic rings. The predicted molar refractivity (Wildman–Crippen MR) is 176 cm³/mol. The van der Waals surface area contributed by atoms with Crippen LogP contribution in [0, 0.1) is 11.7 Å². The van der Waals surface area contributed by atoms with Crippen LogP contribution < -0.4 is 10.6 Å². The number of rotatable bonds is 11. The zero-order valence-corrected chi connectivity index (χ0v) is 25.6. The summed E-state index contributed by atoms with van der Waals surface area (Å²) in [6.07, 6.45) is 10.8. The lowest BCUT2D eigenvalue weighted by Gasteiger charge is -2.12. The van der Waals surface area contributed by atoms with Gasteiger partial charge in [0.25, 0.3) is 0 Å². The van der Waals surface area contributed by atoms with E-state index in [1.54, 1.807) is 6.20 Å². The van der Waals surface area contributed by atoms with Gasteiger partial charge in [0, 0.05) is 55.0 Å². The summed E-state index contributed by atoms with van der Waals surface area (Å²) in [7, 11) is 4.01. The summed E-state index contributed by atoms with van der Waals surface area (Å²) in [6.45, 7) is 3.36. The Morgan fingerprint density at radius 1 is 0.933 bits per heavy atom. The lowest BCUT2D eigenvalue weighted by Crippen LogP contribution is -2.20. The average Bonchev–Trinajstić information content (AvgIpc) is 3.80. The Morgan fingerprint density at radius 2 is 1.80 bits per heavy atom. The summed E-state index contributed by atoms with van der Waals surface area (Å²) in [5.74, 6) is 1.00. The fraction of sp³-hybridized carbons (Fsp3) is 0.324. The van der Waals surface area contributed by atoms with Crippen molar-refractivity contribution in [2.75, 3.05) is 39.0 Å². The standard InChI is InChI=1S/C34H37FN10/c1-45(2)12-11-38-26-15-23(14-25(35)16-26)30-31-28(9-10-39-30)41-34(42-31)33-32-29(43-44-33)8-7-27(40-32)24-13-22(19-37-20-24)18-36-17-21-5-3-4-6-21/h7-10,13-16,19-21,36,38H,3-6,11-12,17-18H2,1-2H3,(H,41,42)(H,43,44). The molecule has 1 fully saturated rings. The first-order valence-corrected chi connectivity index (χ1v) is 15.5. The van der Waals surface area contributed by atoms with Crippen LogP contribution in [0.5, 0.6) is 0 Å². The summed E-state index contributed by atoms with van der Waals surface area (Å²) in [5, 5.41) is 14.6. The van der Waals surface area contributed by atoms with Gasteiger partial charge in [0.2, 0.25) is 0 Å². The number of imidazole rings is 1. The minimum atomic E-state index is -0.340. The Morgan fingerprint density at radius 3 is 2.67 bits per heavy atom. The second-order valence-electron chi connectivity index (χ2n) is 12.1. The first-order valence-electron chi connectivity index (χ1n) is 15.5. The van der Waals surface area contributed by atoms with E-state index in [0.717, 1.165) is 53.4 Å². The van der Waals surface area contributed by atoms with E-state index >= 15 is 0 Å². The average molecular weight is 605 g/mol. The SMILES string of the molecule is CN(C)CCNc1cc(F)cc(-c2nccc3[nH]c(-c4n[nH]c5ccc(-c6cncc(CNCC7CCCC7)c6)nc45)nc23)c1. The van der Waals surface area contributed by atoms with Crippen molar-refractivity contribution in [2.45, 2.75) is 32.2 Å². The topological polar surface area (TPSA) is 123 Å².